The van der Waals surface area contributed by atoms with Crippen molar-refractivity contribution >= 4 is 5.71 Å². The van der Waals surface area contributed by atoms with Crippen LogP contribution < -0.4 is 0 Å². The Labute approximate surface area is 126 Å². The Hall–Kier alpha value is -0.590. The van der Waals surface area contributed by atoms with Crippen LogP contribution in [0.2, 0.25) is 0 Å². The van der Waals surface area contributed by atoms with E-state index in [1.165, 1.54) is 102 Å². The second-order valence-electron chi connectivity index (χ2n) is 6.59. The summed E-state index contributed by atoms with van der Waals surface area (Å²) >= 11 is 0. The van der Waals surface area contributed by atoms with Gasteiger partial charge in [0, 0.05) is 12.3 Å². The molecule has 20 heavy (non-hydrogen) atoms. The van der Waals surface area contributed by atoms with Crippen LogP contribution in [0.25, 0.3) is 0 Å². The van der Waals surface area contributed by atoms with Gasteiger partial charge in [-0.1, -0.05) is 57.4 Å². The second-order valence-corrected chi connectivity index (χ2v) is 6.59. The molecule has 0 unspecified atom stereocenters. The molecule has 0 aromatic rings. The summed E-state index contributed by atoms with van der Waals surface area (Å²) < 4.78 is 0. The maximum absolute atomic E-state index is 4.98. The third-order valence-electron chi connectivity index (χ3n) is 4.79. The van der Waals surface area contributed by atoms with Crippen molar-refractivity contribution in [2.75, 3.05) is 6.54 Å². The van der Waals surface area contributed by atoms with E-state index in [4.69, 9.17) is 4.99 Å². The molecule has 0 saturated heterocycles. The van der Waals surface area contributed by atoms with Crippen molar-refractivity contribution < 1.29 is 0 Å². The van der Waals surface area contributed by atoms with Gasteiger partial charge in [0.1, 0.15) is 0 Å². The normalized spacial score (nSPS) is 27.0. The maximum atomic E-state index is 4.98. The van der Waals surface area contributed by atoms with Gasteiger partial charge in [-0.25, -0.2) is 0 Å². The average Bonchev–Trinajstić information content (AvgIpc) is 2.50. The van der Waals surface area contributed by atoms with Crippen molar-refractivity contribution in [1.29, 1.82) is 0 Å². The van der Waals surface area contributed by atoms with Gasteiger partial charge in [0.25, 0.3) is 0 Å². The smallest absolute Gasteiger partial charge is 0.0392 e. The zero-order valence-electron chi connectivity index (χ0n) is 13.3. The molecular formula is C19H33N. The van der Waals surface area contributed by atoms with Crippen LogP contribution in [0.4, 0.5) is 0 Å². The molecular weight excluding hydrogens is 242 g/mol. The molecule has 0 spiro atoms. The third kappa shape index (κ3) is 6.24. The number of hydrogen-bond acceptors (Lipinski definition) is 1. The van der Waals surface area contributed by atoms with E-state index >= 15 is 0 Å². The maximum Gasteiger partial charge on any atom is 0.0392 e. The predicted octanol–water partition coefficient (Wildman–Crippen LogP) is 6.23. The average molecular weight is 275 g/mol. The number of hydrogen-bond donors (Lipinski definition) is 0. The highest BCUT2D eigenvalue weighted by atomic mass is 14.7. The molecule has 1 nitrogen and oxygen atoms in total. The zero-order valence-corrected chi connectivity index (χ0v) is 13.3. The van der Waals surface area contributed by atoms with Crippen LogP contribution >= 0.6 is 0 Å². The summed E-state index contributed by atoms with van der Waals surface area (Å²) in [5.74, 6) is 0. The third-order valence-corrected chi connectivity index (χ3v) is 4.79. The number of rotatable bonds is 1. The first-order valence-corrected chi connectivity index (χ1v) is 9.19. The van der Waals surface area contributed by atoms with Crippen molar-refractivity contribution in [3.63, 3.8) is 0 Å². The fourth-order valence-electron chi connectivity index (χ4n) is 3.47. The Morgan fingerprint density at radius 2 is 1.20 bits per heavy atom. The largest absolute Gasteiger partial charge is 0.289 e. The van der Waals surface area contributed by atoms with Crippen molar-refractivity contribution in [1.82, 2.24) is 0 Å². The van der Waals surface area contributed by atoms with Crippen LogP contribution in [0.15, 0.2) is 16.6 Å². The Morgan fingerprint density at radius 3 is 2.00 bits per heavy atom. The molecule has 0 aromatic carbocycles. The van der Waals surface area contributed by atoms with Crippen molar-refractivity contribution in [2.45, 2.75) is 96.3 Å². The monoisotopic (exact) mass is 275 g/mol. The first-order valence-electron chi connectivity index (χ1n) is 9.19. The summed E-state index contributed by atoms with van der Waals surface area (Å²) in [5, 5.41) is 0. The molecule has 0 bridgehead atoms. The summed E-state index contributed by atoms with van der Waals surface area (Å²) in [5.41, 5.74) is 3.10. The van der Waals surface area contributed by atoms with E-state index in [1.807, 2.05) is 0 Å². The SMILES string of the molecule is C1=C(/C2=NCCCCCCCC2)CCCCCCCC/1. The highest BCUT2D eigenvalue weighted by Crippen LogP contribution is 2.21. The van der Waals surface area contributed by atoms with Crippen LogP contribution in [0.1, 0.15) is 96.3 Å². The first kappa shape index (κ1) is 15.8. The molecule has 114 valence electrons. The quantitative estimate of drug-likeness (QED) is 0.537. The molecule has 1 heteroatoms. The highest BCUT2D eigenvalue weighted by molar-refractivity contribution is 6.00. The van der Waals surface area contributed by atoms with Gasteiger partial charge in [0.15, 0.2) is 0 Å². The molecule has 1 aliphatic heterocycles. The van der Waals surface area contributed by atoms with E-state index in [9.17, 15) is 0 Å². The summed E-state index contributed by atoms with van der Waals surface area (Å²) in [6.07, 6.45) is 23.2. The topological polar surface area (TPSA) is 12.4 Å². The Balaban J connectivity index is 1.98. The fourth-order valence-corrected chi connectivity index (χ4v) is 3.47. The lowest BCUT2D eigenvalue weighted by Gasteiger charge is -2.15. The molecule has 0 fully saturated rings. The van der Waals surface area contributed by atoms with Crippen molar-refractivity contribution in [3.05, 3.63) is 11.6 Å². The summed E-state index contributed by atoms with van der Waals surface area (Å²) in [4.78, 5) is 4.98. The minimum Gasteiger partial charge on any atom is -0.289 e. The van der Waals surface area contributed by atoms with Gasteiger partial charge in [-0.2, -0.15) is 0 Å². The van der Waals surface area contributed by atoms with E-state index in [0.717, 1.165) is 6.54 Å². The molecule has 0 amide bonds. The summed E-state index contributed by atoms with van der Waals surface area (Å²) in [6.45, 7) is 1.08. The second kappa shape index (κ2) is 10.2. The standard InChI is InChI=1S/C19H33N/c1-2-6-10-14-18(15-11-7-3-1)19-16-12-8-4-5-9-13-17-20-19/h14H,1-13,15-17H2/b18-14+,20-19?. The van der Waals surface area contributed by atoms with E-state index in [2.05, 4.69) is 6.08 Å². The van der Waals surface area contributed by atoms with Crippen LogP contribution in [-0.4, -0.2) is 12.3 Å². The van der Waals surface area contributed by atoms with Gasteiger partial charge < -0.3 is 0 Å². The van der Waals surface area contributed by atoms with E-state index in [0.29, 0.717) is 0 Å². The number of aliphatic imine (C=N–C) groups is 1. The number of allylic oxidation sites excluding steroid dienone is 2. The van der Waals surface area contributed by atoms with Crippen LogP contribution in [0.5, 0.6) is 0 Å². The van der Waals surface area contributed by atoms with E-state index < -0.39 is 0 Å². The van der Waals surface area contributed by atoms with Crippen LogP contribution in [0.3, 0.4) is 0 Å². The van der Waals surface area contributed by atoms with Crippen LogP contribution in [-0.2, 0) is 0 Å². The lowest BCUT2D eigenvalue weighted by atomic mass is 9.94. The van der Waals surface area contributed by atoms with Gasteiger partial charge in [-0.15, -0.1) is 0 Å². The molecule has 2 aliphatic rings. The molecule has 1 heterocycles. The minimum absolute atomic E-state index is 1.08. The van der Waals surface area contributed by atoms with E-state index in [-0.39, 0.29) is 0 Å². The predicted molar refractivity (Wildman–Crippen MR) is 89.6 cm³/mol. The van der Waals surface area contributed by atoms with Gasteiger partial charge in [0.2, 0.25) is 0 Å². The molecule has 1 aliphatic carbocycles. The molecule has 0 saturated carbocycles. The lowest BCUT2D eigenvalue weighted by molar-refractivity contribution is 0.584. The first-order chi connectivity index (χ1) is 9.97. The van der Waals surface area contributed by atoms with Gasteiger partial charge in [0.05, 0.1) is 0 Å². The minimum atomic E-state index is 1.08. The summed E-state index contributed by atoms with van der Waals surface area (Å²) in [7, 11) is 0. The zero-order chi connectivity index (χ0) is 13.9. The summed E-state index contributed by atoms with van der Waals surface area (Å²) in [6, 6.07) is 0. The van der Waals surface area contributed by atoms with Crippen molar-refractivity contribution in [3.8, 4) is 0 Å². The van der Waals surface area contributed by atoms with Gasteiger partial charge in [-0.3, -0.25) is 4.99 Å². The molecule has 0 radical (unpaired) electrons. The molecule has 2 rings (SSSR count). The van der Waals surface area contributed by atoms with Gasteiger partial charge in [-0.05, 0) is 50.5 Å². The van der Waals surface area contributed by atoms with Gasteiger partial charge >= 0.3 is 0 Å². The Bertz CT molecular complexity index is 282. The molecule has 0 atom stereocenters. The molecule has 0 aromatic heterocycles. The highest BCUT2D eigenvalue weighted by Gasteiger charge is 2.09. The van der Waals surface area contributed by atoms with E-state index in [1.54, 1.807) is 5.57 Å². The van der Waals surface area contributed by atoms with Crippen molar-refractivity contribution in [2.24, 2.45) is 4.99 Å². The Morgan fingerprint density at radius 1 is 0.600 bits per heavy atom. The fraction of sp³-hybridized carbons (Fsp3) is 0.842. The Kier molecular flexibility index (Phi) is 8.04. The van der Waals surface area contributed by atoms with Crippen LogP contribution in [0, 0.1) is 0 Å². The number of nitrogens with zero attached hydrogens (tertiary/aromatic N) is 1. The lowest BCUT2D eigenvalue weighted by Crippen LogP contribution is -2.07. The molecule has 0 N–H and O–H groups in total.